The van der Waals surface area contributed by atoms with Gasteiger partial charge in [0.25, 0.3) is 0 Å². The first-order valence-corrected chi connectivity index (χ1v) is 7.27. The van der Waals surface area contributed by atoms with Gasteiger partial charge in [0.15, 0.2) is 0 Å². The van der Waals surface area contributed by atoms with E-state index >= 15 is 0 Å². The second-order valence-corrected chi connectivity index (χ2v) is 7.09. The first-order chi connectivity index (χ1) is 8.07. The molecule has 3 nitrogen and oxygen atoms in total. The fourth-order valence-electron chi connectivity index (χ4n) is 4.43. The molecule has 2 N–H and O–H groups in total. The van der Waals surface area contributed by atoms with Crippen molar-refractivity contribution < 1.29 is 0 Å². The molecule has 3 aliphatic rings. The zero-order chi connectivity index (χ0) is 12.1. The average Bonchev–Trinajstić information content (AvgIpc) is 2.92. The maximum atomic E-state index is 6.22. The van der Waals surface area contributed by atoms with Crippen LogP contribution in [0.2, 0.25) is 0 Å². The lowest BCUT2D eigenvalue weighted by molar-refractivity contribution is 0.0794. The van der Waals surface area contributed by atoms with E-state index in [-0.39, 0.29) is 0 Å². The summed E-state index contributed by atoms with van der Waals surface area (Å²) in [5, 5.41) is 0. The fraction of sp³-hybridized carbons (Fsp3) is 1.00. The van der Waals surface area contributed by atoms with Gasteiger partial charge in [-0.3, -0.25) is 9.80 Å². The highest BCUT2D eigenvalue weighted by Gasteiger charge is 2.53. The van der Waals surface area contributed by atoms with Crippen LogP contribution in [0, 0.1) is 5.41 Å². The van der Waals surface area contributed by atoms with Crippen molar-refractivity contribution in [3.05, 3.63) is 0 Å². The third-order valence-electron chi connectivity index (χ3n) is 5.48. The summed E-state index contributed by atoms with van der Waals surface area (Å²) in [7, 11) is 0. The van der Waals surface area contributed by atoms with Gasteiger partial charge in [-0.15, -0.1) is 0 Å². The average molecular weight is 237 g/mol. The maximum Gasteiger partial charge on any atom is 0.0499 e. The molecule has 0 spiro atoms. The standard InChI is InChI=1S/C14H27N3/c1-13(2)5-9-17(11-13)14(10-15)6-8-16-7-3-4-12(14)16/h12H,3-11,15H2,1-2H3. The zero-order valence-corrected chi connectivity index (χ0v) is 11.4. The Morgan fingerprint density at radius 1 is 1.18 bits per heavy atom. The summed E-state index contributed by atoms with van der Waals surface area (Å²) in [5.74, 6) is 0. The van der Waals surface area contributed by atoms with Gasteiger partial charge in [-0.25, -0.2) is 0 Å². The maximum absolute atomic E-state index is 6.22. The van der Waals surface area contributed by atoms with Crippen molar-refractivity contribution in [2.24, 2.45) is 11.1 Å². The monoisotopic (exact) mass is 237 g/mol. The van der Waals surface area contributed by atoms with Gasteiger partial charge in [-0.1, -0.05) is 13.8 Å². The summed E-state index contributed by atoms with van der Waals surface area (Å²) in [6.45, 7) is 10.7. The van der Waals surface area contributed by atoms with Crippen molar-refractivity contribution in [3.63, 3.8) is 0 Å². The van der Waals surface area contributed by atoms with E-state index in [0.717, 1.165) is 12.6 Å². The molecule has 3 heterocycles. The van der Waals surface area contributed by atoms with Gasteiger partial charge >= 0.3 is 0 Å². The molecule has 3 fully saturated rings. The molecule has 0 amide bonds. The Bertz CT molecular complexity index is 302. The normalized spacial score (nSPS) is 42.2. The van der Waals surface area contributed by atoms with E-state index in [1.54, 1.807) is 0 Å². The highest BCUT2D eigenvalue weighted by atomic mass is 15.3. The fourth-order valence-corrected chi connectivity index (χ4v) is 4.43. The van der Waals surface area contributed by atoms with Crippen molar-refractivity contribution in [1.82, 2.24) is 9.80 Å². The minimum atomic E-state index is 0.310. The summed E-state index contributed by atoms with van der Waals surface area (Å²) >= 11 is 0. The Balaban J connectivity index is 1.83. The van der Waals surface area contributed by atoms with E-state index < -0.39 is 0 Å². The Hall–Kier alpha value is -0.120. The quantitative estimate of drug-likeness (QED) is 0.785. The van der Waals surface area contributed by atoms with Crippen LogP contribution in [0.3, 0.4) is 0 Å². The van der Waals surface area contributed by atoms with Gasteiger partial charge in [-0.05, 0) is 44.2 Å². The molecular weight excluding hydrogens is 210 g/mol. The van der Waals surface area contributed by atoms with Gasteiger partial charge in [0.05, 0.1) is 0 Å². The minimum Gasteiger partial charge on any atom is -0.329 e. The molecular formula is C14H27N3. The molecule has 0 saturated carbocycles. The highest BCUT2D eigenvalue weighted by Crippen LogP contribution is 2.43. The molecule has 0 aromatic rings. The first-order valence-electron chi connectivity index (χ1n) is 7.27. The van der Waals surface area contributed by atoms with Crippen molar-refractivity contribution >= 4 is 0 Å². The second-order valence-electron chi connectivity index (χ2n) is 7.09. The Kier molecular flexibility index (Phi) is 2.77. The lowest BCUT2D eigenvalue weighted by atomic mass is 9.86. The number of likely N-dealkylation sites (tertiary alicyclic amines) is 1. The molecule has 2 unspecified atom stereocenters. The van der Waals surface area contributed by atoms with E-state index in [1.807, 2.05) is 0 Å². The summed E-state index contributed by atoms with van der Waals surface area (Å²) in [4.78, 5) is 5.43. The van der Waals surface area contributed by atoms with Gasteiger partial charge in [-0.2, -0.15) is 0 Å². The molecule has 3 saturated heterocycles. The van der Waals surface area contributed by atoms with Crippen LogP contribution in [0.15, 0.2) is 0 Å². The van der Waals surface area contributed by atoms with Crippen LogP contribution in [0.25, 0.3) is 0 Å². The summed E-state index contributed by atoms with van der Waals surface area (Å²) in [5.41, 5.74) is 7.03. The molecule has 0 aliphatic carbocycles. The Morgan fingerprint density at radius 2 is 2.00 bits per heavy atom. The molecule has 2 atom stereocenters. The molecule has 3 aliphatic heterocycles. The largest absolute Gasteiger partial charge is 0.329 e. The number of nitrogens with two attached hydrogens (primary N) is 1. The van der Waals surface area contributed by atoms with Crippen molar-refractivity contribution in [2.45, 2.75) is 51.1 Å². The van der Waals surface area contributed by atoms with Gasteiger partial charge in [0.1, 0.15) is 0 Å². The van der Waals surface area contributed by atoms with Gasteiger partial charge < -0.3 is 5.73 Å². The Labute approximate surface area is 105 Å². The van der Waals surface area contributed by atoms with E-state index in [9.17, 15) is 0 Å². The molecule has 0 radical (unpaired) electrons. The molecule has 0 bridgehead atoms. The lowest BCUT2D eigenvalue weighted by Gasteiger charge is -2.43. The number of fused-ring (bicyclic) bond motifs is 1. The van der Waals surface area contributed by atoms with Crippen molar-refractivity contribution in [2.75, 3.05) is 32.7 Å². The first kappa shape index (κ1) is 11.9. The summed E-state index contributed by atoms with van der Waals surface area (Å²) in [6.07, 6.45) is 5.38. The van der Waals surface area contributed by atoms with E-state index in [2.05, 4.69) is 23.6 Å². The van der Waals surface area contributed by atoms with E-state index in [0.29, 0.717) is 11.0 Å². The topological polar surface area (TPSA) is 32.5 Å². The van der Waals surface area contributed by atoms with Crippen molar-refractivity contribution in [3.8, 4) is 0 Å². The third kappa shape index (κ3) is 1.74. The smallest absolute Gasteiger partial charge is 0.0499 e. The van der Waals surface area contributed by atoms with Crippen LogP contribution in [0.4, 0.5) is 0 Å². The second kappa shape index (κ2) is 3.94. The minimum absolute atomic E-state index is 0.310. The predicted molar refractivity (Wildman–Crippen MR) is 71.0 cm³/mol. The number of nitrogens with zero attached hydrogens (tertiary/aromatic N) is 2. The summed E-state index contributed by atoms with van der Waals surface area (Å²) in [6, 6.07) is 0.751. The third-order valence-corrected chi connectivity index (χ3v) is 5.48. The van der Waals surface area contributed by atoms with E-state index in [1.165, 1.54) is 51.9 Å². The predicted octanol–water partition coefficient (Wildman–Crippen LogP) is 1.28. The van der Waals surface area contributed by atoms with Crippen LogP contribution in [0.5, 0.6) is 0 Å². The SMILES string of the molecule is CC1(C)CCN(C2(CN)CCN3CCCC32)C1. The van der Waals surface area contributed by atoms with Crippen LogP contribution >= 0.6 is 0 Å². The van der Waals surface area contributed by atoms with Crippen LogP contribution in [-0.4, -0.2) is 54.1 Å². The molecule has 17 heavy (non-hydrogen) atoms. The van der Waals surface area contributed by atoms with Gasteiger partial charge in [0.2, 0.25) is 0 Å². The number of rotatable bonds is 2. The van der Waals surface area contributed by atoms with Crippen LogP contribution in [0.1, 0.15) is 39.5 Å². The van der Waals surface area contributed by atoms with Crippen molar-refractivity contribution in [1.29, 1.82) is 0 Å². The van der Waals surface area contributed by atoms with Crippen LogP contribution in [-0.2, 0) is 0 Å². The number of hydrogen-bond acceptors (Lipinski definition) is 3. The summed E-state index contributed by atoms with van der Waals surface area (Å²) < 4.78 is 0. The molecule has 98 valence electrons. The zero-order valence-electron chi connectivity index (χ0n) is 11.4. The number of hydrogen-bond donors (Lipinski definition) is 1. The van der Waals surface area contributed by atoms with Crippen LogP contribution < -0.4 is 5.73 Å². The molecule has 0 aromatic carbocycles. The highest BCUT2D eigenvalue weighted by molar-refractivity contribution is 5.11. The molecule has 3 rings (SSSR count). The Morgan fingerprint density at radius 3 is 2.65 bits per heavy atom. The molecule has 3 heteroatoms. The van der Waals surface area contributed by atoms with Gasteiger partial charge in [0, 0.05) is 31.2 Å². The molecule has 0 aromatic heterocycles. The lowest BCUT2D eigenvalue weighted by Crippen LogP contribution is -2.59. The van der Waals surface area contributed by atoms with E-state index in [4.69, 9.17) is 5.73 Å².